The second-order valence-corrected chi connectivity index (χ2v) is 3.27. The molecular formula is C10H12N3O5+. The van der Waals surface area contributed by atoms with E-state index in [9.17, 15) is 14.4 Å². The van der Waals surface area contributed by atoms with Crippen molar-refractivity contribution in [2.45, 2.75) is 6.73 Å². The van der Waals surface area contributed by atoms with Crippen LogP contribution in [0.3, 0.4) is 0 Å². The lowest BCUT2D eigenvalue weighted by molar-refractivity contribution is -0.727. The number of carboxylic acids is 1. The van der Waals surface area contributed by atoms with E-state index in [2.05, 4.69) is 10.1 Å². The van der Waals surface area contributed by atoms with Crippen LogP contribution >= 0.6 is 0 Å². The summed E-state index contributed by atoms with van der Waals surface area (Å²) in [4.78, 5) is 32.1. The van der Waals surface area contributed by atoms with Gasteiger partial charge in [0.15, 0.2) is 12.4 Å². The predicted molar refractivity (Wildman–Crippen MR) is 57.3 cm³/mol. The molecule has 0 aliphatic carbocycles. The van der Waals surface area contributed by atoms with E-state index in [0.29, 0.717) is 5.56 Å². The van der Waals surface area contributed by atoms with Crippen LogP contribution in [-0.4, -0.2) is 29.6 Å². The highest BCUT2D eigenvalue weighted by atomic mass is 16.6. The molecule has 1 rings (SSSR count). The molecule has 2 amide bonds. The zero-order valence-corrected chi connectivity index (χ0v) is 9.33. The van der Waals surface area contributed by atoms with Crippen LogP contribution in [0.1, 0.15) is 10.4 Å². The van der Waals surface area contributed by atoms with Gasteiger partial charge in [-0.1, -0.05) is 0 Å². The maximum atomic E-state index is 11.4. The lowest BCUT2D eigenvalue weighted by Crippen LogP contribution is -2.37. The first-order valence-electron chi connectivity index (χ1n) is 4.90. The standard InChI is InChI=1S/C10H11N3O5/c11-10(17)18-6-13-3-1-7(2-4-13)9(16)12-5-8(14)15/h1-4H,5-6H2,(H3-,11,12,14,15,16,17)/p+1. The number of ether oxygens (including phenoxy) is 1. The minimum absolute atomic E-state index is 0.0631. The molecule has 0 atom stereocenters. The monoisotopic (exact) mass is 254 g/mol. The van der Waals surface area contributed by atoms with Crippen LogP contribution < -0.4 is 15.6 Å². The molecule has 0 radical (unpaired) electrons. The number of rotatable bonds is 5. The molecule has 0 unspecified atom stereocenters. The van der Waals surface area contributed by atoms with Gasteiger partial charge in [0.25, 0.3) is 12.6 Å². The number of nitrogens with one attached hydrogen (secondary N) is 1. The number of carbonyl (C=O) groups is 3. The third kappa shape index (κ3) is 4.47. The highest BCUT2D eigenvalue weighted by molar-refractivity contribution is 5.95. The number of carbonyl (C=O) groups excluding carboxylic acids is 2. The Bertz CT molecular complexity index is 457. The molecular weight excluding hydrogens is 242 g/mol. The molecule has 8 nitrogen and oxygen atoms in total. The zero-order chi connectivity index (χ0) is 13.5. The topological polar surface area (TPSA) is 123 Å². The Balaban J connectivity index is 2.56. The molecule has 0 saturated carbocycles. The Morgan fingerprint density at radius 1 is 1.33 bits per heavy atom. The summed E-state index contributed by atoms with van der Waals surface area (Å²) in [6, 6.07) is 2.92. The smallest absolute Gasteiger partial charge is 0.409 e. The first-order valence-corrected chi connectivity index (χ1v) is 4.90. The Hall–Kier alpha value is -2.64. The van der Waals surface area contributed by atoms with Gasteiger partial charge in [-0.3, -0.25) is 9.59 Å². The molecule has 4 N–H and O–H groups in total. The van der Waals surface area contributed by atoms with Crippen LogP contribution in [0.2, 0.25) is 0 Å². The maximum absolute atomic E-state index is 11.4. The van der Waals surface area contributed by atoms with Crippen molar-refractivity contribution in [3.8, 4) is 0 Å². The van der Waals surface area contributed by atoms with Gasteiger partial charge < -0.3 is 20.9 Å². The third-order valence-electron chi connectivity index (χ3n) is 1.91. The van der Waals surface area contributed by atoms with Gasteiger partial charge in [-0.15, -0.1) is 0 Å². The van der Waals surface area contributed by atoms with Crippen LogP contribution in [0.15, 0.2) is 24.5 Å². The molecule has 0 saturated heterocycles. The second-order valence-electron chi connectivity index (χ2n) is 3.27. The molecule has 1 heterocycles. The minimum Gasteiger partial charge on any atom is -0.480 e. The molecule has 0 bridgehead atoms. The van der Waals surface area contributed by atoms with E-state index >= 15 is 0 Å². The summed E-state index contributed by atoms with van der Waals surface area (Å²) in [5.41, 5.74) is 5.09. The molecule has 0 fully saturated rings. The SMILES string of the molecule is NC(=O)OC[n+]1ccc(C(=O)NCC(=O)O)cc1. The van der Waals surface area contributed by atoms with Gasteiger partial charge in [0.05, 0.1) is 5.56 Å². The van der Waals surface area contributed by atoms with E-state index in [1.54, 1.807) is 0 Å². The van der Waals surface area contributed by atoms with E-state index in [4.69, 9.17) is 10.8 Å². The predicted octanol–water partition coefficient (Wildman–Crippen LogP) is -1.16. The summed E-state index contributed by atoms with van der Waals surface area (Å²) in [7, 11) is 0. The van der Waals surface area contributed by atoms with Crippen LogP contribution in [0.5, 0.6) is 0 Å². The van der Waals surface area contributed by atoms with Gasteiger partial charge in [-0.2, -0.15) is 4.57 Å². The van der Waals surface area contributed by atoms with Crippen LogP contribution in [0.4, 0.5) is 4.79 Å². The van der Waals surface area contributed by atoms with E-state index < -0.39 is 24.5 Å². The number of nitrogens with zero attached hydrogens (tertiary/aromatic N) is 1. The lowest BCUT2D eigenvalue weighted by atomic mass is 10.2. The summed E-state index contributed by atoms with van der Waals surface area (Å²) < 4.78 is 6.02. The van der Waals surface area contributed by atoms with E-state index in [-0.39, 0.29) is 6.73 Å². The molecule has 0 aliphatic heterocycles. The largest absolute Gasteiger partial charge is 0.480 e. The van der Waals surface area contributed by atoms with Gasteiger partial charge >= 0.3 is 12.1 Å². The average molecular weight is 254 g/mol. The van der Waals surface area contributed by atoms with Gasteiger partial charge in [-0.25, -0.2) is 4.79 Å². The number of hydrogen-bond acceptors (Lipinski definition) is 4. The number of pyridine rings is 1. The fourth-order valence-corrected chi connectivity index (χ4v) is 1.09. The van der Waals surface area contributed by atoms with Crippen LogP contribution in [0, 0.1) is 0 Å². The third-order valence-corrected chi connectivity index (χ3v) is 1.91. The summed E-state index contributed by atoms with van der Waals surface area (Å²) in [5.74, 6) is -1.62. The zero-order valence-electron chi connectivity index (χ0n) is 9.33. The van der Waals surface area contributed by atoms with Gasteiger partial charge in [-0.05, 0) is 0 Å². The minimum atomic E-state index is -1.12. The van der Waals surface area contributed by atoms with Crippen molar-refractivity contribution in [1.82, 2.24) is 5.32 Å². The van der Waals surface area contributed by atoms with Crippen molar-refractivity contribution in [3.05, 3.63) is 30.1 Å². The number of nitrogens with two attached hydrogens (primary N) is 1. The molecule has 8 heteroatoms. The van der Waals surface area contributed by atoms with Crippen molar-refractivity contribution >= 4 is 18.0 Å². The van der Waals surface area contributed by atoms with Crippen LogP contribution in [-0.2, 0) is 16.3 Å². The van der Waals surface area contributed by atoms with E-state index in [1.165, 1.54) is 29.1 Å². The molecule has 0 aliphatic rings. The summed E-state index contributed by atoms with van der Waals surface area (Å²) in [5, 5.41) is 10.6. The number of carboxylic acid groups (broad SMARTS) is 1. The molecule has 0 aromatic carbocycles. The number of aliphatic carboxylic acids is 1. The molecule has 1 aromatic heterocycles. The quantitative estimate of drug-likeness (QED) is 0.572. The normalized spacial score (nSPS) is 9.56. The van der Waals surface area contributed by atoms with Crippen molar-refractivity contribution in [2.24, 2.45) is 5.73 Å². The second kappa shape index (κ2) is 6.18. The van der Waals surface area contributed by atoms with Gasteiger partial charge in [0.1, 0.15) is 6.54 Å². The maximum Gasteiger partial charge on any atom is 0.409 e. The number of primary amides is 1. The fourth-order valence-electron chi connectivity index (χ4n) is 1.09. The van der Waals surface area contributed by atoms with Crippen molar-refractivity contribution in [2.75, 3.05) is 6.54 Å². The first kappa shape index (κ1) is 13.4. The van der Waals surface area contributed by atoms with Crippen molar-refractivity contribution < 1.29 is 28.8 Å². The number of aromatic nitrogens is 1. The summed E-state index contributed by atoms with van der Waals surface area (Å²) in [6.07, 6.45) is 2.10. The summed E-state index contributed by atoms with van der Waals surface area (Å²) in [6.45, 7) is -0.509. The molecule has 1 aromatic rings. The molecule has 0 spiro atoms. The highest BCUT2D eigenvalue weighted by Crippen LogP contribution is 1.94. The number of amides is 2. The average Bonchev–Trinajstić information content (AvgIpc) is 2.34. The Morgan fingerprint density at radius 3 is 2.44 bits per heavy atom. The van der Waals surface area contributed by atoms with Crippen molar-refractivity contribution in [3.63, 3.8) is 0 Å². The van der Waals surface area contributed by atoms with E-state index in [1.807, 2.05) is 0 Å². The fraction of sp³-hybridized carbons (Fsp3) is 0.200. The Morgan fingerprint density at radius 2 is 1.94 bits per heavy atom. The Kier molecular flexibility index (Phi) is 4.61. The number of hydrogen-bond donors (Lipinski definition) is 3. The summed E-state index contributed by atoms with van der Waals surface area (Å²) >= 11 is 0. The highest BCUT2D eigenvalue weighted by Gasteiger charge is 2.09. The Labute approximate surface area is 102 Å². The van der Waals surface area contributed by atoms with Gasteiger partial charge in [0.2, 0.25) is 0 Å². The van der Waals surface area contributed by atoms with Crippen LogP contribution in [0.25, 0.3) is 0 Å². The van der Waals surface area contributed by atoms with E-state index in [0.717, 1.165) is 0 Å². The van der Waals surface area contributed by atoms with Gasteiger partial charge in [0, 0.05) is 12.1 Å². The lowest BCUT2D eigenvalue weighted by Gasteiger charge is -2.01. The molecule has 96 valence electrons. The first-order chi connectivity index (χ1) is 8.49. The van der Waals surface area contributed by atoms with Crippen molar-refractivity contribution in [1.29, 1.82) is 0 Å². The molecule has 18 heavy (non-hydrogen) atoms.